The van der Waals surface area contributed by atoms with Crippen molar-refractivity contribution in [2.24, 2.45) is 5.92 Å². The highest BCUT2D eigenvalue weighted by Crippen LogP contribution is 2.28. The second-order valence-electron chi connectivity index (χ2n) is 5.70. The van der Waals surface area contributed by atoms with Gasteiger partial charge in [-0.15, -0.1) is 12.4 Å². The Bertz CT molecular complexity index is 184. The van der Waals surface area contributed by atoms with Crippen LogP contribution in [-0.4, -0.2) is 25.2 Å². The van der Waals surface area contributed by atoms with Crippen LogP contribution in [0.25, 0.3) is 0 Å². The first-order chi connectivity index (χ1) is 7.29. The second kappa shape index (κ2) is 6.83. The Kier molecular flexibility index (Phi) is 6.09. The Balaban J connectivity index is 0.00000128. The van der Waals surface area contributed by atoms with Gasteiger partial charge in [0.1, 0.15) is 0 Å². The number of hydrogen-bond donors (Lipinski definition) is 2. The normalized spacial score (nSPS) is 26.1. The van der Waals surface area contributed by atoms with Gasteiger partial charge < -0.3 is 10.6 Å². The van der Waals surface area contributed by atoms with Gasteiger partial charge in [0.25, 0.3) is 0 Å². The molecule has 0 aromatic rings. The first kappa shape index (κ1) is 14.3. The molecule has 16 heavy (non-hydrogen) atoms. The molecule has 2 nitrogen and oxygen atoms in total. The van der Waals surface area contributed by atoms with Crippen molar-refractivity contribution in [3.05, 3.63) is 0 Å². The van der Waals surface area contributed by atoms with E-state index in [1.165, 1.54) is 64.6 Å². The molecule has 2 aliphatic rings. The Labute approximate surface area is 106 Å². The number of piperidine rings is 1. The quantitative estimate of drug-likeness (QED) is 0.800. The summed E-state index contributed by atoms with van der Waals surface area (Å²) >= 11 is 0. The van der Waals surface area contributed by atoms with Gasteiger partial charge in [0.05, 0.1) is 0 Å². The molecule has 0 atom stereocenters. The first-order valence-corrected chi connectivity index (χ1v) is 6.74. The van der Waals surface area contributed by atoms with Crippen LogP contribution in [0.1, 0.15) is 51.9 Å². The molecule has 0 bridgehead atoms. The van der Waals surface area contributed by atoms with Gasteiger partial charge in [-0.1, -0.05) is 19.3 Å². The summed E-state index contributed by atoms with van der Waals surface area (Å²) in [5.41, 5.74) is 0.461. The van der Waals surface area contributed by atoms with E-state index in [1.54, 1.807) is 0 Å². The minimum Gasteiger partial charge on any atom is -0.317 e. The van der Waals surface area contributed by atoms with Crippen molar-refractivity contribution < 1.29 is 0 Å². The first-order valence-electron chi connectivity index (χ1n) is 6.74. The van der Waals surface area contributed by atoms with Crippen LogP contribution in [-0.2, 0) is 0 Å². The van der Waals surface area contributed by atoms with Gasteiger partial charge in [0, 0.05) is 5.54 Å². The summed E-state index contributed by atoms with van der Waals surface area (Å²) in [7, 11) is 0. The van der Waals surface area contributed by atoms with Crippen molar-refractivity contribution in [3.63, 3.8) is 0 Å². The molecule has 3 heteroatoms. The maximum atomic E-state index is 3.84. The van der Waals surface area contributed by atoms with Crippen molar-refractivity contribution in [2.75, 3.05) is 19.6 Å². The molecule has 2 N–H and O–H groups in total. The number of rotatable bonds is 3. The van der Waals surface area contributed by atoms with E-state index in [2.05, 4.69) is 17.6 Å². The molecule has 0 aromatic heterocycles. The molecule has 0 amide bonds. The Hall–Kier alpha value is 0.210. The van der Waals surface area contributed by atoms with Crippen LogP contribution in [0.4, 0.5) is 0 Å². The summed E-state index contributed by atoms with van der Waals surface area (Å²) in [5.74, 6) is 0.921. The molecule has 2 rings (SSSR count). The van der Waals surface area contributed by atoms with E-state index in [0.29, 0.717) is 5.54 Å². The largest absolute Gasteiger partial charge is 0.317 e. The lowest BCUT2D eigenvalue weighted by Crippen LogP contribution is -2.47. The van der Waals surface area contributed by atoms with Crippen LogP contribution in [0.15, 0.2) is 0 Å². The van der Waals surface area contributed by atoms with Gasteiger partial charge in [-0.25, -0.2) is 0 Å². The Morgan fingerprint density at radius 3 is 2.38 bits per heavy atom. The number of nitrogens with one attached hydrogen (secondary N) is 2. The standard InChI is InChI=1S/C13H26N2.ClH/c1-13(7-3-2-4-8-13)15-11-12-5-9-14-10-6-12;/h12,14-15H,2-11H2,1H3;1H. The number of hydrogen-bond acceptors (Lipinski definition) is 2. The Morgan fingerprint density at radius 2 is 1.75 bits per heavy atom. The van der Waals surface area contributed by atoms with Crippen LogP contribution in [0.5, 0.6) is 0 Å². The SMILES string of the molecule is CC1(NCC2CCNCC2)CCCCC1.Cl. The molecule has 0 unspecified atom stereocenters. The lowest BCUT2D eigenvalue weighted by Gasteiger charge is -2.36. The summed E-state index contributed by atoms with van der Waals surface area (Å²) in [5, 5.41) is 7.27. The Morgan fingerprint density at radius 1 is 1.12 bits per heavy atom. The molecule has 1 heterocycles. The fourth-order valence-corrected chi connectivity index (χ4v) is 2.99. The summed E-state index contributed by atoms with van der Waals surface area (Å²) in [6, 6.07) is 0. The van der Waals surface area contributed by atoms with E-state index in [0.717, 1.165) is 5.92 Å². The number of halogens is 1. The van der Waals surface area contributed by atoms with Crippen molar-refractivity contribution in [1.29, 1.82) is 0 Å². The lowest BCUT2D eigenvalue weighted by atomic mass is 9.82. The maximum absolute atomic E-state index is 3.84. The van der Waals surface area contributed by atoms with E-state index in [1.807, 2.05) is 0 Å². The molecular formula is C13H27ClN2. The molecule has 1 saturated heterocycles. The monoisotopic (exact) mass is 246 g/mol. The van der Waals surface area contributed by atoms with Crippen molar-refractivity contribution in [3.8, 4) is 0 Å². The molecule has 1 aliphatic carbocycles. The molecule has 0 radical (unpaired) electrons. The van der Waals surface area contributed by atoms with E-state index in [-0.39, 0.29) is 12.4 Å². The van der Waals surface area contributed by atoms with Crippen LogP contribution in [0.3, 0.4) is 0 Å². The summed E-state index contributed by atoms with van der Waals surface area (Å²) < 4.78 is 0. The molecule has 0 aromatic carbocycles. The van der Waals surface area contributed by atoms with Gasteiger partial charge >= 0.3 is 0 Å². The fourth-order valence-electron chi connectivity index (χ4n) is 2.99. The molecule has 0 spiro atoms. The average molecular weight is 247 g/mol. The smallest absolute Gasteiger partial charge is 0.0153 e. The maximum Gasteiger partial charge on any atom is 0.0153 e. The van der Waals surface area contributed by atoms with E-state index < -0.39 is 0 Å². The van der Waals surface area contributed by atoms with Crippen LogP contribution < -0.4 is 10.6 Å². The van der Waals surface area contributed by atoms with Crippen molar-refractivity contribution >= 4 is 12.4 Å². The van der Waals surface area contributed by atoms with Crippen molar-refractivity contribution in [2.45, 2.75) is 57.4 Å². The van der Waals surface area contributed by atoms with Gasteiger partial charge in [0.15, 0.2) is 0 Å². The molecular weight excluding hydrogens is 220 g/mol. The van der Waals surface area contributed by atoms with Gasteiger partial charge in [-0.05, 0) is 58.2 Å². The van der Waals surface area contributed by atoms with Gasteiger partial charge in [-0.3, -0.25) is 0 Å². The van der Waals surface area contributed by atoms with Crippen molar-refractivity contribution in [1.82, 2.24) is 10.6 Å². The average Bonchev–Trinajstić information content (AvgIpc) is 2.29. The molecule has 1 saturated carbocycles. The second-order valence-corrected chi connectivity index (χ2v) is 5.70. The molecule has 1 aliphatic heterocycles. The van der Waals surface area contributed by atoms with Gasteiger partial charge in [-0.2, -0.15) is 0 Å². The van der Waals surface area contributed by atoms with E-state index in [9.17, 15) is 0 Å². The van der Waals surface area contributed by atoms with Crippen LogP contribution in [0, 0.1) is 5.92 Å². The predicted molar refractivity (Wildman–Crippen MR) is 72.3 cm³/mol. The zero-order valence-electron chi connectivity index (χ0n) is 10.6. The zero-order chi connectivity index (χ0) is 10.6. The minimum absolute atomic E-state index is 0. The minimum atomic E-state index is 0. The third-order valence-corrected chi connectivity index (χ3v) is 4.23. The topological polar surface area (TPSA) is 24.1 Å². The molecule has 96 valence electrons. The lowest BCUT2D eigenvalue weighted by molar-refractivity contribution is 0.228. The van der Waals surface area contributed by atoms with Gasteiger partial charge in [0.2, 0.25) is 0 Å². The highest BCUT2D eigenvalue weighted by atomic mass is 35.5. The highest BCUT2D eigenvalue weighted by molar-refractivity contribution is 5.85. The summed E-state index contributed by atoms with van der Waals surface area (Å²) in [6.45, 7) is 6.12. The molecule has 2 fully saturated rings. The fraction of sp³-hybridized carbons (Fsp3) is 1.00. The predicted octanol–water partition coefficient (Wildman–Crippen LogP) is 2.72. The zero-order valence-corrected chi connectivity index (χ0v) is 11.4. The third-order valence-electron chi connectivity index (χ3n) is 4.23. The van der Waals surface area contributed by atoms with E-state index >= 15 is 0 Å². The van der Waals surface area contributed by atoms with Crippen LogP contribution >= 0.6 is 12.4 Å². The summed E-state index contributed by atoms with van der Waals surface area (Å²) in [6.07, 6.45) is 9.80. The third kappa shape index (κ3) is 4.23. The highest BCUT2D eigenvalue weighted by Gasteiger charge is 2.27. The van der Waals surface area contributed by atoms with E-state index in [4.69, 9.17) is 0 Å². The van der Waals surface area contributed by atoms with Crippen LogP contribution in [0.2, 0.25) is 0 Å². The summed E-state index contributed by atoms with van der Waals surface area (Å²) in [4.78, 5) is 0.